The van der Waals surface area contributed by atoms with Crippen molar-refractivity contribution in [1.29, 1.82) is 0 Å². The highest BCUT2D eigenvalue weighted by Gasteiger charge is 2.11. The van der Waals surface area contributed by atoms with E-state index in [-0.39, 0.29) is 11.9 Å². The summed E-state index contributed by atoms with van der Waals surface area (Å²) in [6.45, 7) is 2.13. The summed E-state index contributed by atoms with van der Waals surface area (Å²) in [6.07, 6.45) is 2.58. The molecule has 1 atom stereocenters. The summed E-state index contributed by atoms with van der Waals surface area (Å²) in [5, 5.41) is 3.40. The molecule has 1 aromatic carbocycles. The molecule has 1 unspecified atom stereocenters. The number of hydrogen-bond donors (Lipinski definition) is 1. The molecular formula is C17H21N3O. The lowest BCUT2D eigenvalue weighted by molar-refractivity contribution is 0.0827. The summed E-state index contributed by atoms with van der Waals surface area (Å²) in [7, 11) is 3.47. The second kappa shape index (κ2) is 6.88. The fourth-order valence-electron chi connectivity index (χ4n) is 2.15. The Kier molecular flexibility index (Phi) is 4.93. The number of rotatable bonds is 5. The normalized spacial score (nSPS) is 11.8. The molecule has 1 aromatic heterocycles. The van der Waals surface area contributed by atoms with E-state index in [0.29, 0.717) is 5.56 Å². The third kappa shape index (κ3) is 3.81. The number of benzene rings is 1. The molecule has 0 aliphatic carbocycles. The van der Waals surface area contributed by atoms with Crippen LogP contribution >= 0.6 is 0 Å². The van der Waals surface area contributed by atoms with Crippen molar-refractivity contribution in [3.8, 4) is 0 Å². The minimum absolute atomic E-state index is 0.0378. The molecule has 21 heavy (non-hydrogen) atoms. The number of hydrogen-bond acceptors (Lipinski definition) is 3. The SMILES string of the molecule is CCC(Nc1ccc(C(=O)N(C)C)cn1)c1ccccc1. The monoisotopic (exact) mass is 283 g/mol. The number of nitrogens with one attached hydrogen (secondary N) is 1. The number of amides is 1. The third-order valence-electron chi connectivity index (χ3n) is 3.35. The summed E-state index contributed by atoms with van der Waals surface area (Å²) in [4.78, 5) is 17.7. The van der Waals surface area contributed by atoms with Gasteiger partial charge in [0.25, 0.3) is 5.91 Å². The van der Waals surface area contributed by atoms with Gasteiger partial charge in [0, 0.05) is 20.3 Å². The molecule has 0 bridgehead atoms. The van der Waals surface area contributed by atoms with Crippen molar-refractivity contribution in [2.45, 2.75) is 19.4 Å². The summed E-state index contributed by atoms with van der Waals surface area (Å²) < 4.78 is 0. The number of nitrogens with zero attached hydrogens (tertiary/aromatic N) is 2. The maximum Gasteiger partial charge on any atom is 0.254 e. The van der Waals surface area contributed by atoms with E-state index in [4.69, 9.17) is 0 Å². The van der Waals surface area contributed by atoms with E-state index in [1.165, 1.54) is 5.56 Å². The molecule has 2 rings (SSSR count). The molecule has 0 fully saturated rings. The third-order valence-corrected chi connectivity index (χ3v) is 3.35. The topological polar surface area (TPSA) is 45.2 Å². The van der Waals surface area contributed by atoms with E-state index in [1.807, 2.05) is 24.3 Å². The second-order valence-corrected chi connectivity index (χ2v) is 5.15. The molecule has 2 aromatic rings. The Morgan fingerprint density at radius 1 is 1.19 bits per heavy atom. The lowest BCUT2D eigenvalue weighted by Crippen LogP contribution is -2.21. The molecule has 0 aliphatic heterocycles. The van der Waals surface area contributed by atoms with Crippen LogP contribution in [0.3, 0.4) is 0 Å². The molecule has 0 spiro atoms. The van der Waals surface area contributed by atoms with E-state index in [2.05, 4.69) is 29.4 Å². The van der Waals surface area contributed by atoms with Crippen LogP contribution in [0.1, 0.15) is 35.3 Å². The van der Waals surface area contributed by atoms with Crippen LogP contribution in [0.15, 0.2) is 48.7 Å². The van der Waals surface area contributed by atoms with Crippen LogP contribution in [0.2, 0.25) is 0 Å². The first kappa shape index (κ1) is 15.0. The Morgan fingerprint density at radius 3 is 2.43 bits per heavy atom. The maximum absolute atomic E-state index is 11.8. The van der Waals surface area contributed by atoms with Crippen LogP contribution in [0.5, 0.6) is 0 Å². The number of carbonyl (C=O) groups is 1. The molecule has 1 amide bonds. The Hall–Kier alpha value is -2.36. The summed E-state index contributed by atoms with van der Waals surface area (Å²) in [5.41, 5.74) is 1.83. The fraction of sp³-hybridized carbons (Fsp3) is 0.294. The van der Waals surface area contributed by atoms with Crippen LogP contribution in [0.4, 0.5) is 5.82 Å². The van der Waals surface area contributed by atoms with Crippen molar-refractivity contribution in [3.63, 3.8) is 0 Å². The summed E-state index contributed by atoms with van der Waals surface area (Å²) in [5.74, 6) is 0.741. The van der Waals surface area contributed by atoms with Gasteiger partial charge in [0.05, 0.1) is 11.6 Å². The zero-order valence-electron chi connectivity index (χ0n) is 12.7. The first-order valence-corrected chi connectivity index (χ1v) is 7.11. The van der Waals surface area contributed by atoms with Gasteiger partial charge in [-0.15, -0.1) is 0 Å². The zero-order valence-corrected chi connectivity index (χ0v) is 12.7. The Balaban J connectivity index is 2.10. The molecule has 1 heterocycles. The van der Waals surface area contributed by atoms with E-state index < -0.39 is 0 Å². The number of carbonyl (C=O) groups excluding carboxylic acids is 1. The lowest BCUT2D eigenvalue weighted by atomic mass is 10.0. The average molecular weight is 283 g/mol. The largest absolute Gasteiger partial charge is 0.363 e. The zero-order chi connectivity index (χ0) is 15.2. The number of aromatic nitrogens is 1. The van der Waals surface area contributed by atoms with Crippen molar-refractivity contribution >= 4 is 11.7 Å². The maximum atomic E-state index is 11.8. The van der Waals surface area contributed by atoms with E-state index >= 15 is 0 Å². The molecule has 0 saturated carbocycles. The Labute approximate surface area is 125 Å². The van der Waals surface area contributed by atoms with Crippen molar-refractivity contribution < 1.29 is 4.79 Å². The van der Waals surface area contributed by atoms with Gasteiger partial charge < -0.3 is 10.2 Å². The summed E-state index contributed by atoms with van der Waals surface area (Å²) >= 11 is 0. The van der Waals surface area contributed by atoms with Crippen molar-refractivity contribution in [3.05, 3.63) is 59.8 Å². The first-order chi connectivity index (χ1) is 10.1. The first-order valence-electron chi connectivity index (χ1n) is 7.11. The molecule has 0 radical (unpaired) electrons. The molecule has 0 aliphatic rings. The van der Waals surface area contributed by atoms with Gasteiger partial charge in [0.2, 0.25) is 0 Å². The predicted octanol–water partition coefficient (Wildman–Crippen LogP) is 3.35. The minimum Gasteiger partial charge on any atom is -0.363 e. The molecular weight excluding hydrogens is 262 g/mol. The van der Waals surface area contributed by atoms with Gasteiger partial charge in [-0.3, -0.25) is 4.79 Å². The van der Waals surface area contributed by atoms with Gasteiger partial charge in [0.1, 0.15) is 5.82 Å². The molecule has 110 valence electrons. The molecule has 4 heteroatoms. The van der Waals surface area contributed by atoms with Crippen LogP contribution in [0, 0.1) is 0 Å². The highest BCUT2D eigenvalue weighted by Crippen LogP contribution is 2.21. The average Bonchev–Trinajstić information content (AvgIpc) is 2.53. The van der Waals surface area contributed by atoms with Crippen molar-refractivity contribution in [1.82, 2.24) is 9.88 Å². The van der Waals surface area contributed by atoms with Crippen LogP contribution in [0.25, 0.3) is 0 Å². The van der Waals surface area contributed by atoms with Gasteiger partial charge in [-0.2, -0.15) is 0 Å². The standard InChI is InChI=1S/C17H21N3O/c1-4-15(13-8-6-5-7-9-13)19-16-11-10-14(12-18-16)17(21)20(2)3/h5-12,15H,4H2,1-3H3,(H,18,19). The smallest absolute Gasteiger partial charge is 0.254 e. The molecule has 4 nitrogen and oxygen atoms in total. The second-order valence-electron chi connectivity index (χ2n) is 5.15. The highest BCUT2D eigenvalue weighted by molar-refractivity contribution is 5.93. The minimum atomic E-state index is -0.0378. The van der Waals surface area contributed by atoms with E-state index in [0.717, 1.165) is 12.2 Å². The molecule has 0 saturated heterocycles. The predicted molar refractivity (Wildman–Crippen MR) is 85.4 cm³/mol. The Bertz CT molecular complexity index is 579. The van der Waals surface area contributed by atoms with E-state index in [9.17, 15) is 4.79 Å². The van der Waals surface area contributed by atoms with Crippen molar-refractivity contribution in [2.24, 2.45) is 0 Å². The Morgan fingerprint density at radius 2 is 1.90 bits per heavy atom. The van der Waals surface area contributed by atoms with Crippen molar-refractivity contribution in [2.75, 3.05) is 19.4 Å². The number of anilines is 1. The highest BCUT2D eigenvalue weighted by atomic mass is 16.2. The van der Waals surface area contributed by atoms with Gasteiger partial charge >= 0.3 is 0 Å². The van der Waals surface area contributed by atoms with Crippen LogP contribution in [-0.2, 0) is 0 Å². The van der Waals surface area contributed by atoms with Gasteiger partial charge in [0.15, 0.2) is 0 Å². The summed E-state index contributed by atoms with van der Waals surface area (Å²) in [6, 6.07) is 14.1. The lowest BCUT2D eigenvalue weighted by Gasteiger charge is -2.18. The van der Waals surface area contributed by atoms with Gasteiger partial charge in [-0.05, 0) is 24.1 Å². The van der Waals surface area contributed by atoms with E-state index in [1.54, 1.807) is 31.3 Å². The fourth-order valence-corrected chi connectivity index (χ4v) is 2.15. The van der Waals surface area contributed by atoms with Gasteiger partial charge in [-0.25, -0.2) is 4.98 Å². The number of pyridine rings is 1. The van der Waals surface area contributed by atoms with Crippen LogP contribution < -0.4 is 5.32 Å². The van der Waals surface area contributed by atoms with Crippen LogP contribution in [-0.4, -0.2) is 29.9 Å². The molecule has 1 N–H and O–H groups in total. The quantitative estimate of drug-likeness (QED) is 0.915. The van der Waals surface area contributed by atoms with Gasteiger partial charge in [-0.1, -0.05) is 37.3 Å².